The topological polar surface area (TPSA) is 25.3 Å². The molecule has 0 amide bonds. The van der Waals surface area contributed by atoms with E-state index in [4.69, 9.17) is 0 Å². The minimum atomic E-state index is 0. The van der Waals surface area contributed by atoms with Gasteiger partial charge in [-0.2, -0.15) is 12.8 Å². The van der Waals surface area contributed by atoms with Crippen molar-refractivity contribution >= 4 is 11.4 Å². The van der Waals surface area contributed by atoms with Crippen molar-refractivity contribution in [1.29, 1.82) is 0 Å². The predicted octanol–water partition coefficient (Wildman–Crippen LogP) is 46.0. The summed E-state index contributed by atoms with van der Waals surface area (Å²) in [5, 5.41) is 0. The Morgan fingerprint density at radius 1 is 0.240 bits per heavy atom. The number of rotatable bonds is 99. The van der Waals surface area contributed by atoms with Gasteiger partial charge in [-0.1, -0.05) is 629 Å². The Kier molecular flexibility index (Phi) is 104. The maximum Gasteiger partial charge on any atom is 2.00 e. The van der Waals surface area contributed by atoms with Crippen LogP contribution in [0.4, 0.5) is 0 Å². The van der Waals surface area contributed by atoms with Crippen LogP contribution in [0.5, 0.6) is 0 Å². The van der Waals surface area contributed by atoms with Crippen molar-refractivity contribution < 1.29 is 21.2 Å². The van der Waals surface area contributed by atoms with E-state index in [1.165, 1.54) is 593 Å². The molecule has 1 aliphatic heterocycles. The summed E-state index contributed by atoms with van der Waals surface area (Å²) in [5.41, 5.74) is 20.8. The minimum Gasteiger partial charge on any atom is -0.493 e. The maximum absolute atomic E-state index is 12.4. The van der Waals surface area contributed by atoms with Gasteiger partial charge in [0.2, 0.25) is 11.4 Å². The number of hydrogen-bond donors (Lipinski definition) is 0. The van der Waals surface area contributed by atoms with Gasteiger partial charge in [0.25, 0.3) is 0 Å². The average molecular weight is 1830 g/mol. The number of aryl methyl sites for hydroxylation is 2. The van der Waals surface area contributed by atoms with Crippen LogP contribution in [0.25, 0.3) is 16.9 Å². The van der Waals surface area contributed by atoms with Gasteiger partial charge in [0.1, 0.15) is 0 Å². The second-order valence-electron chi connectivity index (χ2n) is 41.4. The first-order valence-corrected chi connectivity index (χ1v) is 59.4. The summed E-state index contributed by atoms with van der Waals surface area (Å²) in [6.07, 6.45) is 145. The van der Waals surface area contributed by atoms with Crippen LogP contribution in [-0.4, -0.2) is 4.70 Å². The zero-order valence-electron chi connectivity index (χ0n) is 89.0. The summed E-state index contributed by atoms with van der Waals surface area (Å²) < 4.78 is 1.59. The van der Waals surface area contributed by atoms with E-state index < -0.39 is 0 Å². The summed E-state index contributed by atoms with van der Waals surface area (Å²) in [6.45, 7) is 24.0. The van der Waals surface area contributed by atoms with Crippen LogP contribution in [-0.2, 0) is 29.3 Å². The van der Waals surface area contributed by atoms with E-state index in [1.807, 2.05) is 0 Å². The molecule has 0 saturated carbocycles. The van der Waals surface area contributed by atoms with Crippen LogP contribution in [0.1, 0.15) is 668 Å². The van der Waals surface area contributed by atoms with Crippen LogP contribution in [0.15, 0.2) is 84.5 Å². The van der Waals surface area contributed by atoms with Crippen molar-refractivity contribution in [2.75, 3.05) is 0 Å². The molecule has 0 saturated heterocycles. The molecule has 0 aliphatic carbocycles. The fourth-order valence-electron chi connectivity index (χ4n) is 20.0. The van der Waals surface area contributed by atoms with E-state index in [1.54, 1.807) is 4.70 Å². The van der Waals surface area contributed by atoms with Gasteiger partial charge in [-0.25, -0.2) is 4.70 Å². The Bertz CT molecular complexity index is 2570. The van der Waals surface area contributed by atoms with E-state index in [-0.39, 0.29) is 16.5 Å². The summed E-state index contributed by atoms with van der Waals surface area (Å²) >= 11 is 0. The molecular formula is C126H230N2Ni. The fourth-order valence-corrected chi connectivity index (χ4v) is 20.0. The molecule has 754 valence electrons. The van der Waals surface area contributed by atoms with Crippen LogP contribution in [0, 0.1) is 25.7 Å². The van der Waals surface area contributed by atoms with E-state index in [9.17, 15) is 5.53 Å². The molecule has 1 aliphatic rings. The predicted molar refractivity (Wildman–Crippen MR) is 584 cm³/mol. The normalized spacial score (nSPS) is 12.7. The van der Waals surface area contributed by atoms with Gasteiger partial charge in [-0.05, 0) is 112 Å². The third kappa shape index (κ3) is 83.4. The van der Waals surface area contributed by atoms with Crippen LogP contribution >= 0.6 is 0 Å². The summed E-state index contributed by atoms with van der Waals surface area (Å²) in [5.74, 6) is 1.39. The second kappa shape index (κ2) is 106. The smallest absolute Gasteiger partial charge is 0.493 e. The molecule has 3 heteroatoms. The summed E-state index contributed by atoms with van der Waals surface area (Å²) in [7, 11) is 0. The van der Waals surface area contributed by atoms with Gasteiger partial charge in [0.05, 0.1) is 0 Å². The van der Waals surface area contributed by atoms with Gasteiger partial charge >= 0.3 is 16.5 Å². The second-order valence-corrected chi connectivity index (χ2v) is 41.4. The van der Waals surface area contributed by atoms with E-state index in [0.29, 0.717) is 11.8 Å². The first-order valence-electron chi connectivity index (χ1n) is 59.4. The minimum absolute atomic E-state index is 0. The molecule has 0 bridgehead atoms. The molecule has 129 heavy (non-hydrogen) atoms. The van der Waals surface area contributed by atoms with Gasteiger partial charge in [-0.15, -0.1) is 0 Å². The van der Waals surface area contributed by atoms with Crippen molar-refractivity contribution in [1.82, 2.24) is 0 Å². The van der Waals surface area contributed by atoms with Gasteiger partial charge in [0, 0.05) is 22.8 Å². The average Bonchev–Trinajstić information content (AvgIpc) is 1.63. The molecule has 0 spiro atoms. The van der Waals surface area contributed by atoms with Crippen molar-refractivity contribution in [2.45, 2.75) is 658 Å². The number of benzene rings is 2. The molecule has 2 atom stereocenters. The molecule has 2 unspecified atom stereocenters. The van der Waals surface area contributed by atoms with Gasteiger partial charge in [-0.3, -0.25) is 0 Å². The van der Waals surface area contributed by atoms with Crippen molar-refractivity contribution in [3.8, 4) is 0 Å². The molecular weight excluding hydrogens is 1600 g/mol. The monoisotopic (exact) mass is 1830 g/mol. The SMILES string of the molecule is CCCCCCCCCCCCCCCCCCCC=CCC(CCCC)CCc1ccccc1C1=CC(CCCC)=C(c2ccccc2CCC(CC=CCCCCCCCCCCCCCCCCCCC)CCCC)[N+]1=[N-].[CH2-]CCCCCCCCCCCCCCCCCCCCCCC.[CH2-]CCCCCCCCCCCCCCCCCCCCCCC.[Ni+2]. The Balaban J connectivity index is 0.00000270. The molecule has 0 fully saturated rings. The number of hydrogen-bond acceptors (Lipinski definition) is 0. The Hall–Kier alpha value is -2.51. The standard InChI is InChI=1S/C78H132N2.2C24H49.Ni/c1-6-11-16-18-20-22-24-26-28-30-32-34-36-38-40-42-44-46-48-50-58-70(56-13-8-3)65-67-72-61-52-54-63-75(72)77-69-74(60-15-10-5)78(80(77)79)76-64-55-53-62-73(76)68-66-71(57-14-9-4)59-51-49-47-45-43-41-39-37-35-33-31-29-27-25-23-21-19-17-12-7-2;2*1-3-5-7-9-11-13-15-17-19-21-23-24-22-20-18-16-14-12-10-8-6-4-2;/h48-55,61-64,69-71H,6-47,56-60,65-68H2,1-5H3;2*1,3-24H2,2H3;/q;2*-1;+2. The van der Waals surface area contributed by atoms with Crippen LogP contribution < -0.4 is 0 Å². The van der Waals surface area contributed by atoms with E-state index >= 15 is 0 Å². The number of unbranched alkanes of at least 4 members (excludes halogenated alkanes) is 79. The molecule has 0 radical (unpaired) electrons. The Morgan fingerprint density at radius 2 is 0.457 bits per heavy atom. The molecule has 3 rings (SSSR count). The molecule has 0 aromatic heterocycles. The zero-order chi connectivity index (χ0) is 92.1. The molecule has 1 heterocycles. The molecule has 0 N–H and O–H groups in total. The maximum atomic E-state index is 12.4. The Morgan fingerprint density at radius 3 is 0.705 bits per heavy atom. The number of allylic oxidation sites excluding steroid dienone is 6. The van der Waals surface area contributed by atoms with Gasteiger partial charge < -0.3 is 19.4 Å². The van der Waals surface area contributed by atoms with Crippen molar-refractivity contribution in [3.63, 3.8) is 0 Å². The Labute approximate surface area is 823 Å². The molecule has 2 aromatic rings. The third-order valence-corrected chi connectivity index (χ3v) is 28.9. The van der Waals surface area contributed by atoms with Crippen molar-refractivity contribution in [2.24, 2.45) is 11.8 Å². The van der Waals surface area contributed by atoms with E-state index in [0.717, 1.165) is 56.3 Å². The first-order chi connectivity index (χ1) is 63.4. The fraction of sp³-hybridized carbons (Fsp3) is 0.825. The summed E-state index contributed by atoms with van der Waals surface area (Å²) in [6, 6.07) is 18.0. The van der Waals surface area contributed by atoms with Crippen molar-refractivity contribution in [3.05, 3.63) is 126 Å². The molecule has 2 aromatic carbocycles. The molecule has 2 nitrogen and oxygen atoms in total. The van der Waals surface area contributed by atoms with Crippen LogP contribution in [0.2, 0.25) is 0 Å². The van der Waals surface area contributed by atoms with Gasteiger partial charge in [0.15, 0.2) is 0 Å². The van der Waals surface area contributed by atoms with E-state index in [2.05, 4.69) is 141 Å². The zero-order valence-corrected chi connectivity index (χ0v) is 89.9. The number of nitrogens with zero attached hydrogens (tertiary/aromatic N) is 2. The largest absolute Gasteiger partial charge is 2.00 e. The first kappa shape index (κ1) is 126. The quantitative estimate of drug-likeness (QED) is 0.0207. The van der Waals surface area contributed by atoms with Crippen LogP contribution in [0.3, 0.4) is 0 Å². The summed E-state index contributed by atoms with van der Waals surface area (Å²) in [4.78, 5) is 0. The third-order valence-electron chi connectivity index (χ3n) is 28.9.